The quantitative estimate of drug-likeness (QED) is 0.251. The molecule has 2 rings (SSSR count). The van der Waals surface area contributed by atoms with Crippen LogP contribution in [0.1, 0.15) is 0 Å². The summed E-state index contributed by atoms with van der Waals surface area (Å²) in [5, 5.41) is 68.5. The molecule has 0 unspecified atom stereocenters. The van der Waals surface area contributed by atoms with Crippen molar-refractivity contribution in [2.75, 3.05) is 26.9 Å². The van der Waals surface area contributed by atoms with Crippen LogP contribution in [0.3, 0.4) is 0 Å². The second-order valence-electron chi connectivity index (χ2n) is 5.81. The lowest BCUT2D eigenvalue weighted by Crippen LogP contribution is -2.68. The van der Waals surface area contributed by atoms with E-state index in [1.165, 1.54) is 7.11 Å². The molecule has 0 bridgehead atoms. The fourth-order valence-corrected chi connectivity index (χ4v) is 2.78. The first-order valence-electron chi connectivity index (χ1n) is 7.43. The Morgan fingerprint density at radius 2 is 1.71 bits per heavy atom. The maximum Gasteiger partial charge on any atom is 0.221 e. The Bertz CT molecular complexity index is 407. The molecular weight excluding hydrogens is 332 g/mol. The van der Waals surface area contributed by atoms with Gasteiger partial charge in [0, 0.05) is 7.11 Å². The minimum Gasteiger partial charge on any atom is -0.394 e. The van der Waals surface area contributed by atoms with E-state index >= 15 is 0 Å². The van der Waals surface area contributed by atoms with E-state index in [4.69, 9.17) is 18.9 Å². The molecule has 9 atom stereocenters. The summed E-state index contributed by atoms with van der Waals surface area (Å²) in [6, 6.07) is 0. The minimum absolute atomic E-state index is 0.449. The van der Waals surface area contributed by atoms with Gasteiger partial charge in [0.15, 0.2) is 6.29 Å². The molecule has 0 saturated carbocycles. The summed E-state index contributed by atoms with van der Waals surface area (Å²) in [7, 11) is 1.23. The van der Waals surface area contributed by atoms with Crippen LogP contribution in [0.15, 0.2) is 0 Å². The van der Waals surface area contributed by atoms with Crippen molar-refractivity contribution in [1.82, 2.24) is 0 Å². The maximum absolute atomic E-state index is 10.2. The summed E-state index contributed by atoms with van der Waals surface area (Å²) in [4.78, 5) is 0. The van der Waals surface area contributed by atoms with Crippen molar-refractivity contribution in [3.63, 3.8) is 0 Å². The van der Waals surface area contributed by atoms with Gasteiger partial charge in [0.1, 0.15) is 49.3 Å². The smallest absolute Gasteiger partial charge is 0.221 e. The van der Waals surface area contributed by atoms with E-state index in [1.54, 1.807) is 0 Å². The molecule has 2 fully saturated rings. The highest BCUT2D eigenvalue weighted by molar-refractivity contribution is 4.97. The normalized spacial score (nSPS) is 50.0. The van der Waals surface area contributed by atoms with Crippen molar-refractivity contribution in [2.24, 2.45) is 0 Å². The van der Waals surface area contributed by atoms with Crippen LogP contribution in [0.25, 0.3) is 0 Å². The zero-order valence-electron chi connectivity index (χ0n) is 13.0. The van der Waals surface area contributed by atoms with Gasteiger partial charge < -0.3 is 54.7 Å². The van der Waals surface area contributed by atoms with Crippen molar-refractivity contribution < 1.29 is 54.7 Å². The van der Waals surface area contributed by atoms with E-state index in [1.807, 2.05) is 0 Å². The van der Waals surface area contributed by atoms with Crippen LogP contribution in [-0.4, -0.2) is 117 Å². The second-order valence-corrected chi connectivity index (χ2v) is 5.81. The molecule has 142 valence electrons. The molecule has 2 aliphatic heterocycles. The molecule has 0 aliphatic carbocycles. The van der Waals surface area contributed by atoms with Gasteiger partial charge in [-0.25, -0.2) is 0 Å². The van der Waals surface area contributed by atoms with E-state index in [-0.39, 0.29) is 0 Å². The van der Waals surface area contributed by atoms with Crippen molar-refractivity contribution in [2.45, 2.75) is 54.8 Å². The Kier molecular flexibility index (Phi) is 6.50. The van der Waals surface area contributed by atoms with Crippen molar-refractivity contribution in [3.05, 3.63) is 0 Å². The van der Waals surface area contributed by atoms with Gasteiger partial charge >= 0.3 is 0 Å². The van der Waals surface area contributed by atoms with Gasteiger partial charge in [-0.3, -0.25) is 0 Å². The summed E-state index contributed by atoms with van der Waals surface area (Å²) in [5.41, 5.74) is 0. The third-order valence-electron chi connectivity index (χ3n) is 4.28. The van der Waals surface area contributed by atoms with Crippen LogP contribution in [0.4, 0.5) is 0 Å². The van der Waals surface area contributed by atoms with Crippen LogP contribution >= 0.6 is 0 Å². The fraction of sp³-hybridized carbons (Fsp3) is 1.00. The predicted molar refractivity (Wildman–Crippen MR) is 73.4 cm³/mol. The van der Waals surface area contributed by atoms with Gasteiger partial charge in [0.2, 0.25) is 5.79 Å². The third-order valence-corrected chi connectivity index (χ3v) is 4.28. The molecule has 0 aromatic heterocycles. The lowest BCUT2D eigenvalue weighted by atomic mass is 9.94. The van der Waals surface area contributed by atoms with E-state index in [0.29, 0.717) is 0 Å². The van der Waals surface area contributed by atoms with Crippen LogP contribution in [0.2, 0.25) is 0 Å². The third kappa shape index (κ3) is 3.43. The molecule has 2 heterocycles. The fourth-order valence-electron chi connectivity index (χ4n) is 2.78. The Balaban J connectivity index is 2.22. The zero-order valence-corrected chi connectivity index (χ0v) is 13.0. The summed E-state index contributed by atoms with van der Waals surface area (Å²) in [5.74, 6) is -2.18. The van der Waals surface area contributed by atoms with Crippen LogP contribution < -0.4 is 0 Å². The van der Waals surface area contributed by atoms with Gasteiger partial charge in [0.25, 0.3) is 0 Å². The highest BCUT2D eigenvalue weighted by atomic mass is 16.8. The molecule has 0 aromatic rings. The number of rotatable bonds is 5. The van der Waals surface area contributed by atoms with Gasteiger partial charge in [-0.15, -0.1) is 0 Å². The Labute approximate surface area is 137 Å². The highest BCUT2D eigenvalue weighted by Crippen LogP contribution is 2.33. The molecule has 7 N–H and O–H groups in total. The minimum atomic E-state index is -2.18. The molecule has 0 aromatic carbocycles. The SMILES string of the molecule is CO[C@H]1O[C@H](CO)[C@H](O[C@]2(CO)OC[C@@H](O)[C@@H](O)[C@@H]2O)[C@H](O)[C@H]1O. The first-order valence-corrected chi connectivity index (χ1v) is 7.43. The largest absolute Gasteiger partial charge is 0.394 e. The maximum atomic E-state index is 10.2. The number of hydrogen-bond acceptors (Lipinski definition) is 11. The summed E-state index contributed by atoms with van der Waals surface area (Å²) < 4.78 is 20.7. The summed E-state index contributed by atoms with van der Waals surface area (Å²) in [6.07, 6.45) is -11.9. The summed E-state index contributed by atoms with van der Waals surface area (Å²) >= 11 is 0. The lowest BCUT2D eigenvalue weighted by Gasteiger charge is -2.49. The molecule has 0 radical (unpaired) electrons. The van der Waals surface area contributed by atoms with E-state index < -0.39 is 74.6 Å². The van der Waals surface area contributed by atoms with Gasteiger partial charge in [0.05, 0.1) is 13.2 Å². The molecule has 2 saturated heterocycles. The highest BCUT2D eigenvalue weighted by Gasteiger charge is 2.55. The first kappa shape index (κ1) is 19.9. The van der Waals surface area contributed by atoms with Crippen molar-refractivity contribution >= 4 is 0 Å². The predicted octanol–water partition coefficient (Wildman–Crippen LogP) is -4.74. The van der Waals surface area contributed by atoms with E-state index in [2.05, 4.69) is 0 Å². The molecule has 0 amide bonds. The average Bonchev–Trinajstić information content (AvgIpc) is 2.59. The van der Waals surface area contributed by atoms with Crippen LogP contribution in [0.5, 0.6) is 0 Å². The standard InChI is InChI=1S/C13H24O11/c1-21-12-9(19)8(18)10(6(2-14)23-12)24-13(4-15)11(20)7(17)5(16)3-22-13/h5-12,14-20H,2-4H2,1H3/t5-,6-,7-,8-,9-,10+,11+,12+,13+/m1/s1. The Hall–Kier alpha value is -0.440. The average molecular weight is 356 g/mol. The van der Waals surface area contributed by atoms with Crippen molar-refractivity contribution in [1.29, 1.82) is 0 Å². The number of hydrogen-bond donors (Lipinski definition) is 7. The molecular formula is C13H24O11. The Morgan fingerprint density at radius 3 is 2.25 bits per heavy atom. The summed E-state index contributed by atoms with van der Waals surface area (Å²) in [6.45, 7) is -2.00. The molecule has 0 spiro atoms. The van der Waals surface area contributed by atoms with Gasteiger partial charge in [-0.2, -0.15) is 0 Å². The Morgan fingerprint density at radius 1 is 1.04 bits per heavy atom. The molecule has 11 nitrogen and oxygen atoms in total. The van der Waals surface area contributed by atoms with E-state index in [9.17, 15) is 35.7 Å². The molecule has 2 aliphatic rings. The molecule has 24 heavy (non-hydrogen) atoms. The number of ether oxygens (including phenoxy) is 4. The number of methoxy groups -OCH3 is 1. The molecule has 11 heteroatoms. The lowest BCUT2D eigenvalue weighted by molar-refractivity contribution is -0.394. The number of aliphatic hydroxyl groups excluding tert-OH is 7. The topological polar surface area (TPSA) is 179 Å². The van der Waals surface area contributed by atoms with Crippen LogP contribution in [-0.2, 0) is 18.9 Å². The first-order chi connectivity index (χ1) is 11.3. The van der Waals surface area contributed by atoms with Gasteiger partial charge in [-0.05, 0) is 0 Å². The monoisotopic (exact) mass is 356 g/mol. The second kappa shape index (κ2) is 7.85. The van der Waals surface area contributed by atoms with E-state index in [0.717, 1.165) is 0 Å². The van der Waals surface area contributed by atoms with Gasteiger partial charge in [-0.1, -0.05) is 0 Å². The zero-order chi connectivity index (χ0) is 18.1. The van der Waals surface area contributed by atoms with Crippen molar-refractivity contribution in [3.8, 4) is 0 Å². The number of aliphatic hydroxyl groups is 7. The van der Waals surface area contributed by atoms with Crippen LogP contribution in [0, 0.1) is 0 Å².